The minimum atomic E-state index is -4.12. The molecule has 9 heteroatoms. The summed E-state index contributed by atoms with van der Waals surface area (Å²) in [6, 6.07) is 2.09. The third-order valence-corrected chi connectivity index (χ3v) is 7.30. The average Bonchev–Trinajstić information content (AvgIpc) is 3.51. The van der Waals surface area contributed by atoms with E-state index in [1.54, 1.807) is 6.07 Å². The van der Waals surface area contributed by atoms with Crippen LogP contribution >= 0.6 is 0 Å². The van der Waals surface area contributed by atoms with Gasteiger partial charge in [0.1, 0.15) is 11.6 Å². The molecule has 0 bridgehead atoms. The first-order valence-corrected chi connectivity index (χ1v) is 12.0. The second-order valence-electron chi connectivity index (χ2n) is 10.2. The number of alkyl halides is 2. The number of rotatable bonds is 9. The van der Waals surface area contributed by atoms with Crippen molar-refractivity contribution in [3.63, 3.8) is 0 Å². The molecule has 1 fully saturated rings. The molecule has 1 aliphatic heterocycles. The van der Waals surface area contributed by atoms with Crippen molar-refractivity contribution in [2.24, 2.45) is 0 Å². The predicted molar refractivity (Wildman–Crippen MR) is 131 cm³/mol. The van der Waals surface area contributed by atoms with Crippen molar-refractivity contribution in [2.45, 2.75) is 76.2 Å². The molecule has 6 nitrogen and oxygen atoms in total. The molecule has 2 N–H and O–H groups in total. The number of carbonyl (C=O) groups excluding carboxylic acids is 1. The number of ether oxygens (including phenoxy) is 2. The van der Waals surface area contributed by atoms with Gasteiger partial charge in [-0.15, -0.1) is 8.78 Å². The molecule has 1 aliphatic carbocycles. The molecule has 2 heterocycles. The van der Waals surface area contributed by atoms with E-state index < -0.39 is 84.0 Å². The van der Waals surface area contributed by atoms with Crippen LogP contribution in [0.3, 0.4) is 0 Å². The van der Waals surface area contributed by atoms with Gasteiger partial charge in [0.25, 0.3) is 0 Å². The minimum absolute atomic E-state index is 0.0449. The molecule has 5 rings (SSSR count). The molecule has 1 atom stereocenters. The van der Waals surface area contributed by atoms with Crippen LogP contribution in [-0.2, 0) is 28.5 Å². The standard InChI is InChI=1S/C28H30F3NO5/c1-4-26(2,3)24-10-17-9-16(20(29)13-21(17)32(24)14-19(34)15-33)11-25(35)27(7-8-27)18-5-6-22-23(12-18)37-28(30,31)36-22/h5-6,9-10,12-13,19,33-34H,4,7-8,11,14-15H2,1-3H3/t19-/m1/s1/i5D,6D,12D,14D2. The summed E-state index contributed by atoms with van der Waals surface area (Å²) in [5.41, 5.74) is -1.83. The van der Waals surface area contributed by atoms with E-state index in [1.807, 2.05) is 20.8 Å². The zero-order chi connectivity index (χ0) is 31.2. The van der Waals surface area contributed by atoms with Crippen LogP contribution in [0.4, 0.5) is 13.2 Å². The largest absolute Gasteiger partial charge is 0.586 e. The molecule has 0 spiro atoms. The fourth-order valence-corrected chi connectivity index (χ4v) is 4.58. The summed E-state index contributed by atoms with van der Waals surface area (Å²) in [5, 5.41) is 20.2. The van der Waals surface area contributed by atoms with Gasteiger partial charge in [-0.05, 0) is 60.7 Å². The van der Waals surface area contributed by atoms with E-state index in [4.69, 9.17) is 6.85 Å². The second-order valence-corrected chi connectivity index (χ2v) is 10.2. The Morgan fingerprint density at radius 2 is 1.95 bits per heavy atom. The summed E-state index contributed by atoms with van der Waals surface area (Å²) in [5.74, 6) is -2.90. The first-order valence-electron chi connectivity index (χ1n) is 14.5. The van der Waals surface area contributed by atoms with Crippen molar-refractivity contribution >= 4 is 16.7 Å². The third-order valence-electron chi connectivity index (χ3n) is 7.30. The van der Waals surface area contributed by atoms with Gasteiger partial charge in [0.2, 0.25) is 0 Å². The van der Waals surface area contributed by atoms with Crippen LogP contribution in [0.1, 0.15) is 63.7 Å². The second kappa shape index (κ2) is 8.77. The van der Waals surface area contributed by atoms with E-state index >= 15 is 4.39 Å². The number of benzene rings is 2. The highest BCUT2D eigenvalue weighted by atomic mass is 19.3. The van der Waals surface area contributed by atoms with Gasteiger partial charge < -0.3 is 24.3 Å². The van der Waals surface area contributed by atoms with Gasteiger partial charge in [0, 0.05) is 22.9 Å². The predicted octanol–water partition coefficient (Wildman–Crippen LogP) is 4.99. The Kier molecular flexibility index (Phi) is 4.74. The van der Waals surface area contributed by atoms with Crippen molar-refractivity contribution in [3.05, 3.63) is 59.0 Å². The van der Waals surface area contributed by atoms with Crippen LogP contribution in [0.25, 0.3) is 10.9 Å². The van der Waals surface area contributed by atoms with Gasteiger partial charge >= 0.3 is 6.29 Å². The van der Waals surface area contributed by atoms with Gasteiger partial charge in [-0.3, -0.25) is 4.79 Å². The number of halogens is 3. The lowest BCUT2D eigenvalue weighted by Gasteiger charge is -2.26. The third kappa shape index (κ3) is 4.48. The van der Waals surface area contributed by atoms with Crippen LogP contribution in [0.2, 0.25) is 0 Å². The minimum Gasteiger partial charge on any atom is -0.395 e. The fraction of sp³-hybridized carbons (Fsp3) is 0.464. The molecule has 3 aromatic rings. The quantitative estimate of drug-likeness (QED) is 0.414. The van der Waals surface area contributed by atoms with Crippen molar-refractivity contribution in [1.29, 1.82) is 0 Å². The number of aromatic nitrogens is 1. The van der Waals surface area contributed by atoms with E-state index in [2.05, 4.69) is 9.47 Å². The van der Waals surface area contributed by atoms with E-state index in [0.717, 1.165) is 6.07 Å². The number of aliphatic hydroxyl groups excluding tert-OH is 2. The Labute approximate surface area is 219 Å². The Bertz CT molecular complexity index is 1620. The van der Waals surface area contributed by atoms with Crippen molar-refractivity contribution in [3.8, 4) is 11.5 Å². The highest BCUT2D eigenvalue weighted by molar-refractivity contribution is 5.95. The molecule has 0 radical (unpaired) electrons. The Morgan fingerprint density at radius 1 is 1.24 bits per heavy atom. The topological polar surface area (TPSA) is 80.9 Å². The molecule has 0 saturated heterocycles. The van der Waals surface area contributed by atoms with E-state index in [0.29, 0.717) is 17.5 Å². The number of hydrogen-bond donors (Lipinski definition) is 2. The van der Waals surface area contributed by atoms with Crippen molar-refractivity contribution in [2.75, 3.05) is 6.61 Å². The normalized spacial score (nSPS) is 20.6. The highest BCUT2D eigenvalue weighted by Gasteiger charge is 2.52. The van der Waals surface area contributed by atoms with E-state index in [-0.39, 0.29) is 29.5 Å². The molecule has 1 saturated carbocycles. The number of aliphatic hydroxyl groups is 2. The number of hydrogen-bond acceptors (Lipinski definition) is 5. The molecule has 2 aliphatic rings. The summed E-state index contributed by atoms with van der Waals surface area (Å²) in [6.07, 6.45) is -5.53. The summed E-state index contributed by atoms with van der Waals surface area (Å²) < 4.78 is 94.9. The summed E-state index contributed by atoms with van der Waals surface area (Å²) >= 11 is 0. The fourth-order valence-electron chi connectivity index (χ4n) is 4.58. The van der Waals surface area contributed by atoms with Crippen LogP contribution in [0, 0.1) is 5.82 Å². The lowest BCUT2D eigenvalue weighted by Crippen LogP contribution is -2.26. The first kappa shape index (κ1) is 20.0. The Hall–Kier alpha value is -3.04. The Morgan fingerprint density at radius 3 is 2.59 bits per heavy atom. The summed E-state index contributed by atoms with van der Waals surface area (Å²) in [7, 11) is 0. The number of carbonyl (C=O) groups is 1. The summed E-state index contributed by atoms with van der Waals surface area (Å²) in [4.78, 5) is 13.7. The van der Waals surface area contributed by atoms with Gasteiger partial charge in [-0.1, -0.05) is 26.8 Å². The van der Waals surface area contributed by atoms with Crippen molar-refractivity contribution in [1.82, 2.24) is 4.57 Å². The summed E-state index contributed by atoms with van der Waals surface area (Å²) in [6.45, 7) is 2.23. The molecule has 198 valence electrons. The van der Waals surface area contributed by atoms with Crippen LogP contribution in [-0.4, -0.2) is 39.6 Å². The molecule has 0 unspecified atom stereocenters. The van der Waals surface area contributed by atoms with E-state index in [1.165, 1.54) is 10.6 Å². The highest BCUT2D eigenvalue weighted by Crippen LogP contribution is 2.52. The van der Waals surface area contributed by atoms with Crippen LogP contribution in [0.15, 0.2) is 36.3 Å². The molecular weight excluding hydrogens is 487 g/mol. The number of Topliss-reactive ketones (excluding diaryl/α,β-unsaturated/α-hetero) is 1. The number of nitrogens with zero attached hydrogens (tertiary/aromatic N) is 1. The molecule has 1 aromatic heterocycles. The smallest absolute Gasteiger partial charge is 0.395 e. The molecule has 2 aromatic carbocycles. The van der Waals surface area contributed by atoms with Crippen LogP contribution in [0.5, 0.6) is 11.5 Å². The number of ketones is 1. The molecule has 0 amide bonds. The number of fused-ring (bicyclic) bond motifs is 2. The van der Waals surface area contributed by atoms with Gasteiger partial charge in [0.05, 0.1) is 37.0 Å². The van der Waals surface area contributed by atoms with Gasteiger partial charge in [0.15, 0.2) is 11.5 Å². The van der Waals surface area contributed by atoms with Gasteiger partial charge in [-0.2, -0.15) is 0 Å². The lowest BCUT2D eigenvalue weighted by atomic mass is 9.86. The lowest BCUT2D eigenvalue weighted by molar-refractivity contribution is -0.286. The van der Waals surface area contributed by atoms with E-state index in [9.17, 15) is 23.8 Å². The molecule has 37 heavy (non-hydrogen) atoms. The maximum atomic E-state index is 15.6. The maximum absolute atomic E-state index is 15.6. The zero-order valence-electron chi connectivity index (χ0n) is 25.5. The first-order chi connectivity index (χ1) is 19.4. The SMILES string of the molecule is [2H]c1c([2H])c(C2(C(=O)Cc3cc4cc(C(C)(C)CC)n(C([2H])([2H])[C@@H](O)CO)c4cc3F)CC2)c([2H])c2c1OC(F)(F)O2. The van der Waals surface area contributed by atoms with Gasteiger partial charge in [-0.25, -0.2) is 4.39 Å². The van der Waals surface area contributed by atoms with Crippen molar-refractivity contribution < 1.29 is 44.5 Å². The average molecular weight is 523 g/mol. The zero-order valence-corrected chi connectivity index (χ0v) is 20.5. The van der Waals surface area contributed by atoms with Crippen LogP contribution < -0.4 is 9.47 Å². The Balaban J connectivity index is 1.57. The monoisotopic (exact) mass is 522 g/mol. The molecular formula is C28H30F3NO5. The maximum Gasteiger partial charge on any atom is 0.586 e.